The Hall–Kier alpha value is -1.46. The second-order valence-corrected chi connectivity index (χ2v) is 3.17. The van der Waals surface area contributed by atoms with Crippen molar-refractivity contribution in [3.63, 3.8) is 0 Å². The highest BCUT2D eigenvalue weighted by atomic mass is 19.2. The third-order valence-electron chi connectivity index (χ3n) is 1.93. The monoisotopic (exact) mass is 302 g/mol. The van der Waals surface area contributed by atoms with Crippen LogP contribution in [0.5, 0.6) is 5.75 Å². The van der Waals surface area contributed by atoms with Crippen molar-refractivity contribution in [2.45, 2.75) is 6.29 Å². The summed E-state index contributed by atoms with van der Waals surface area (Å²) in [4.78, 5) is 8.31. The van der Waals surface area contributed by atoms with Gasteiger partial charge in [-0.15, -0.1) is 0 Å². The zero-order chi connectivity index (χ0) is 15.1. The third-order valence-corrected chi connectivity index (χ3v) is 1.93. The van der Waals surface area contributed by atoms with Crippen LogP contribution in [0.4, 0.5) is 17.6 Å². The Balaban J connectivity index is 2.74. The molecular formula is C10H10F4O6. The molecule has 0 amide bonds. The highest BCUT2D eigenvalue weighted by molar-refractivity contribution is 5.28. The Kier molecular flexibility index (Phi) is 6.61. The molecule has 1 unspecified atom stereocenters. The van der Waals surface area contributed by atoms with E-state index in [1.807, 2.05) is 0 Å². The molecule has 0 aliphatic rings. The first-order chi connectivity index (χ1) is 9.51. The maximum Gasteiger partial charge on any atom is 0.226 e. The van der Waals surface area contributed by atoms with Gasteiger partial charge in [-0.2, -0.15) is 13.7 Å². The highest BCUT2D eigenvalue weighted by Gasteiger charge is 2.24. The molecule has 1 rings (SSSR count). The molecule has 0 bridgehead atoms. The Morgan fingerprint density at radius 2 is 1.60 bits per heavy atom. The maximum absolute atomic E-state index is 13.3. The molecule has 0 aliphatic carbocycles. The van der Waals surface area contributed by atoms with Gasteiger partial charge >= 0.3 is 0 Å². The third kappa shape index (κ3) is 4.28. The molecule has 0 radical (unpaired) electrons. The molecule has 0 aliphatic heterocycles. The van der Waals surface area contributed by atoms with E-state index in [1.165, 1.54) is 0 Å². The summed E-state index contributed by atoms with van der Waals surface area (Å²) in [5, 5.41) is 7.81. The normalized spacial score (nSPS) is 12.5. The zero-order valence-corrected chi connectivity index (χ0v) is 10.3. The van der Waals surface area contributed by atoms with Crippen molar-refractivity contribution in [1.29, 1.82) is 0 Å². The number of rotatable bonds is 8. The van der Waals surface area contributed by atoms with Gasteiger partial charge in [0.1, 0.15) is 6.61 Å². The van der Waals surface area contributed by atoms with Crippen LogP contribution in [0.15, 0.2) is 6.07 Å². The van der Waals surface area contributed by atoms with Crippen LogP contribution in [0.2, 0.25) is 0 Å². The summed E-state index contributed by atoms with van der Waals surface area (Å²) in [7, 11) is 2.21. The zero-order valence-electron chi connectivity index (χ0n) is 10.3. The van der Waals surface area contributed by atoms with Gasteiger partial charge in [-0.05, 0) is 10.1 Å². The summed E-state index contributed by atoms with van der Waals surface area (Å²) >= 11 is 0. The minimum absolute atomic E-state index is 0.0470. The molecule has 1 aromatic carbocycles. The van der Waals surface area contributed by atoms with Gasteiger partial charge in [0.25, 0.3) is 0 Å². The van der Waals surface area contributed by atoms with Crippen LogP contribution in [-0.4, -0.2) is 27.1 Å². The van der Waals surface area contributed by atoms with Gasteiger partial charge in [0.2, 0.25) is 17.9 Å². The molecule has 0 aromatic heterocycles. The molecule has 0 saturated carbocycles. The predicted octanol–water partition coefficient (Wildman–Crippen LogP) is 2.04. The molecular weight excluding hydrogens is 292 g/mol. The number of ether oxygens (including phenoxy) is 2. The van der Waals surface area contributed by atoms with Gasteiger partial charge in [0, 0.05) is 13.2 Å². The molecule has 114 valence electrons. The molecule has 20 heavy (non-hydrogen) atoms. The van der Waals surface area contributed by atoms with Crippen LogP contribution in [0.25, 0.3) is 0 Å². The largest absolute Gasteiger partial charge is 0.456 e. The number of methoxy groups -OCH3 is 1. The molecule has 1 aromatic rings. The van der Waals surface area contributed by atoms with Gasteiger partial charge in [0.05, 0.1) is 7.11 Å². The van der Waals surface area contributed by atoms with Crippen LogP contribution in [-0.2, 0) is 24.6 Å². The lowest BCUT2D eigenvalue weighted by molar-refractivity contribution is -0.631. The highest BCUT2D eigenvalue weighted by Crippen LogP contribution is 2.27. The Labute approximate surface area is 110 Å². The first-order valence-electron chi connectivity index (χ1n) is 5.02. The lowest BCUT2D eigenvalue weighted by atomic mass is 10.3. The number of hydrogen-bond donors (Lipinski definition) is 0. The van der Waals surface area contributed by atoms with E-state index >= 15 is 0 Å². The van der Waals surface area contributed by atoms with Crippen LogP contribution in [0, 0.1) is 23.3 Å². The van der Waals surface area contributed by atoms with E-state index in [1.54, 1.807) is 0 Å². The fourth-order valence-electron chi connectivity index (χ4n) is 1.07. The topological polar surface area (TPSA) is 55.4 Å². The minimum atomic E-state index is -1.71. The predicted molar refractivity (Wildman–Crippen MR) is 52.8 cm³/mol. The van der Waals surface area contributed by atoms with Gasteiger partial charge in [-0.3, -0.25) is 0 Å². The van der Waals surface area contributed by atoms with Gasteiger partial charge in [-0.25, -0.2) is 13.7 Å². The van der Waals surface area contributed by atoms with Crippen molar-refractivity contribution in [2.24, 2.45) is 0 Å². The Morgan fingerprint density at radius 1 is 1.00 bits per heavy atom. The summed E-state index contributed by atoms with van der Waals surface area (Å²) in [6.45, 7) is -0.545. The molecule has 0 spiro atoms. The average Bonchev–Trinajstić information content (AvgIpc) is 2.43. The van der Waals surface area contributed by atoms with Gasteiger partial charge in [0.15, 0.2) is 17.4 Å². The van der Waals surface area contributed by atoms with Crippen LogP contribution in [0.1, 0.15) is 0 Å². The fourth-order valence-corrected chi connectivity index (χ4v) is 1.07. The fraction of sp³-hybridized carbons (Fsp3) is 0.400. The van der Waals surface area contributed by atoms with E-state index in [0.717, 1.165) is 14.2 Å². The molecule has 10 heteroatoms. The first-order valence-corrected chi connectivity index (χ1v) is 5.02. The van der Waals surface area contributed by atoms with Crippen molar-refractivity contribution >= 4 is 0 Å². The summed E-state index contributed by atoms with van der Waals surface area (Å²) < 4.78 is 61.7. The van der Waals surface area contributed by atoms with Crippen molar-refractivity contribution in [1.82, 2.24) is 0 Å². The van der Waals surface area contributed by atoms with E-state index in [4.69, 9.17) is 0 Å². The first kappa shape index (κ1) is 16.6. The lowest BCUT2D eigenvalue weighted by Crippen LogP contribution is -2.26. The van der Waals surface area contributed by atoms with E-state index in [-0.39, 0.29) is 6.07 Å². The van der Waals surface area contributed by atoms with Crippen LogP contribution >= 0.6 is 0 Å². The Bertz CT molecular complexity index is 418. The van der Waals surface area contributed by atoms with Crippen molar-refractivity contribution in [2.75, 3.05) is 20.8 Å². The second-order valence-electron chi connectivity index (χ2n) is 3.17. The standard InChI is InChI=1S/C10H10F4O6/c1-15-7(4-17-20-19-16-2)18-10-8(13)5(11)3-6(12)9(10)14/h3,7H,4H2,1-2H3. The summed E-state index contributed by atoms with van der Waals surface area (Å²) in [6, 6.07) is 0.0470. The Morgan fingerprint density at radius 3 is 2.10 bits per heavy atom. The van der Waals surface area contributed by atoms with Crippen molar-refractivity contribution in [3.05, 3.63) is 29.3 Å². The van der Waals surface area contributed by atoms with Crippen LogP contribution in [0.3, 0.4) is 0 Å². The molecule has 6 nitrogen and oxygen atoms in total. The molecule has 0 heterocycles. The summed E-state index contributed by atoms with van der Waals surface area (Å²) in [5.41, 5.74) is 0. The molecule has 0 fully saturated rings. The van der Waals surface area contributed by atoms with E-state index < -0.39 is 41.9 Å². The number of halogens is 4. The van der Waals surface area contributed by atoms with Crippen molar-refractivity contribution in [3.8, 4) is 5.75 Å². The van der Waals surface area contributed by atoms with E-state index in [9.17, 15) is 17.6 Å². The number of hydrogen-bond acceptors (Lipinski definition) is 6. The van der Waals surface area contributed by atoms with E-state index in [2.05, 4.69) is 29.3 Å². The quantitative estimate of drug-likeness (QED) is 0.183. The minimum Gasteiger partial charge on any atom is -0.456 e. The lowest BCUT2D eigenvalue weighted by Gasteiger charge is -2.17. The molecule has 1 atom stereocenters. The maximum atomic E-state index is 13.3. The smallest absolute Gasteiger partial charge is 0.226 e. The molecule has 0 N–H and O–H groups in total. The number of benzene rings is 1. The van der Waals surface area contributed by atoms with Crippen LogP contribution < -0.4 is 4.74 Å². The van der Waals surface area contributed by atoms with Gasteiger partial charge < -0.3 is 9.47 Å². The second kappa shape index (κ2) is 7.97. The summed E-state index contributed by atoms with van der Waals surface area (Å²) in [6.07, 6.45) is -1.43. The van der Waals surface area contributed by atoms with E-state index in [0.29, 0.717) is 0 Å². The van der Waals surface area contributed by atoms with Gasteiger partial charge in [-0.1, -0.05) is 0 Å². The van der Waals surface area contributed by atoms with Crippen molar-refractivity contribution < 1.29 is 46.9 Å². The average molecular weight is 302 g/mol. The summed E-state index contributed by atoms with van der Waals surface area (Å²) in [5.74, 6) is -7.94. The molecule has 0 saturated heterocycles. The SMILES string of the molecule is COOOOCC(OC)Oc1c(F)c(F)cc(F)c1F.